The van der Waals surface area contributed by atoms with Crippen molar-refractivity contribution in [3.8, 4) is 6.07 Å². The number of aliphatic hydroxyl groups excluding tert-OH is 1. The molecule has 0 aliphatic carbocycles. The number of hydrogen-bond acceptors (Lipinski definition) is 12. The number of aromatic amines is 2. The summed E-state index contributed by atoms with van der Waals surface area (Å²) in [6, 6.07) is 16.9. The number of nitrogen functional groups attached to an aromatic ring is 1. The summed E-state index contributed by atoms with van der Waals surface area (Å²) in [7, 11) is 2.35. The van der Waals surface area contributed by atoms with E-state index < -0.39 is 5.97 Å². The van der Waals surface area contributed by atoms with Crippen molar-refractivity contribution >= 4 is 111 Å². The minimum atomic E-state index is -0.953. The quantitative estimate of drug-likeness (QED) is 0.0820. The predicted octanol–water partition coefficient (Wildman–Crippen LogP) is 8.43. The van der Waals surface area contributed by atoms with Gasteiger partial charge in [-0.25, -0.2) is 29.5 Å². The fourth-order valence-corrected chi connectivity index (χ4v) is 7.67. The van der Waals surface area contributed by atoms with Crippen LogP contribution in [0.15, 0.2) is 101 Å². The number of carboxylic acid groups (broad SMARTS) is 1. The van der Waals surface area contributed by atoms with E-state index in [1.165, 1.54) is 13.3 Å². The number of aryl methyl sites for hydroxylation is 2. The van der Waals surface area contributed by atoms with Gasteiger partial charge in [-0.05, 0) is 105 Å². The van der Waals surface area contributed by atoms with Crippen LogP contribution in [0.2, 0.25) is 5.02 Å². The second-order valence-electron chi connectivity index (χ2n) is 14.0. The van der Waals surface area contributed by atoms with E-state index >= 15 is 0 Å². The number of benzene rings is 1. The van der Waals surface area contributed by atoms with Gasteiger partial charge >= 0.3 is 11.9 Å². The molecular formula is C45H38Br2ClN11O6. The number of aliphatic hydroxyl groups is 1. The molecule has 0 saturated carbocycles. The number of amides is 1. The van der Waals surface area contributed by atoms with Gasteiger partial charge in [-0.3, -0.25) is 9.78 Å². The molecule has 1 amide bonds. The SMILES string of the molecule is CO.COC(=O)c1c[nH]c2ncc(Br)cc12.Cc1cc(N)nc(C)c1CNC(=O)c1cn(Cc2ccc3ncc(Cl)cc3c2)c2cnc(C#N)cc12.O=C(O)c1c[nH]c2ncc(Br)cc12. The average molecular weight is 1020 g/mol. The summed E-state index contributed by atoms with van der Waals surface area (Å²) in [5.74, 6) is -1.12. The lowest BCUT2D eigenvalue weighted by Crippen LogP contribution is -2.24. The van der Waals surface area contributed by atoms with Crippen LogP contribution in [0.25, 0.3) is 43.9 Å². The molecule has 0 unspecified atom stereocenters. The molecule has 0 saturated heterocycles. The Hall–Kier alpha value is -7.24. The molecule has 0 aliphatic rings. The second kappa shape index (κ2) is 21.0. The number of ether oxygens (including phenoxy) is 1. The van der Waals surface area contributed by atoms with Crippen molar-refractivity contribution in [1.29, 1.82) is 5.26 Å². The number of aromatic carboxylic acids is 1. The first-order chi connectivity index (χ1) is 31.2. The Morgan fingerprint density at radius 1 is 0.877 bits per heavy atom. The molecule has 0 fully saturated rings. The van der Waals surface area contributed by atoms with Gasteiger partial charge in [-0.15, -0.1) is 0 Å². The smallest absolute Gasteiger partial charge is 0.340 e. The first-order valence-electron chi connectivity index (χ1n) is 19.2. The lowest BCUT2D eigenvalue weighted by atomic mass is 10.1. The van der Waals surface area contributed by atoms with Crippen LogP contribution >= 0.6 is 43.5 Å². The van der Waals surface area contributed by atoms with Gasteiger partial charge in [-0.1, -0.05) is 17.7 Å². The number of nitrogens with two attached hydrogens (primary N) is 1. The van der Waals surface area contributed by atoms with E-state index in [-0.39, 0.29) is 23.1 Å². The zero-order valence-corrected chi connectivity index (χ0v) is 38.9. The molecule has 65 heavy (non-hydrogen) atoms. The van der Waals surface area contributed by atoms with Crippen molar-refractivity contribution in [1.82, 2.24) is 44.8 Å². The number of anilines is 1. The molecule has 1 aromatic carbocycles. The Kier molecular flexibility index (Phi) is 15.2. The number of H-pyrrole nitrogens is 2. The molecular weight excluding hydrogens is 986 g/mol. The van der Waals surface area contributed by atoms with E-state index in [9.17, 15) is 19.6 Å². The highest BCUT2D eigenvalue weighted by atomic mass is 79.9. The number of fused-ring (bicyclic) bond motifs is 4. The largest absolute Gasteiger partial charge is 0.478 e. The zero-order chi connectivity index (χ0) is 46.9. The number of carboxylic acids is 1. The van der Waals surface area contributed by atoms with Crippen LogP contribution in [0.4, 0.5) is 5.82 Å². The van der Waals surface area contributed by atoms with Crippen LogP contribution in [0.1, 0.15) is 59.2 Å². The van der Waals surface area contributed by atoms with Crippen molar-refractivity contribution in [3.63, 3.8) is 0 Å². The Balaban J connectivity index is 0.000000196. The van der Waals surface area contributed by atoms with Crippen molar-refractivity contribution in [2.24, 2.45) is 0 Å². The maximum Gasteiger partial charge on any atom is 0.340 e. The van der Waals surface area contributed by atoms with E-state index in [0.717, 1.165) is 60.2 Å². The third-order valence-electron chi connectivity index (χ3n) is 9.82. The number of carbonyl (C=O) groups excluding carboxylic acids is 2. The lowest BCUT2D eigenvalue weighted by molar-refractivity contribution is 0.0602. The number of pyridine rings is 5. The highest BCUT2D eigenvalue weighted by Gasteiger charge is 2.18. The van der Waals surface area contributed by atoms with Crippen LogP contribution in [0.3, 0.4) is 0 Å². The summed E-state index contributed by atoms with van der Waals surface area (Å²) < 4.78 is 8.19. The summed E-state index contributed by atoms with van der Waals surface area (Å²) in [5.41, 5.74) is 13.8. The van der Waals surface area contributed by atoms with Crippen molar-refractivity contribution in [2.75, 3.05) is 20.0 Å². The summed E-state index contributed by atoms with van der Waals surface area (Å²) in [6.07, 6.45) is 11.4. The Morgan fingerprint density at radius 2 is 1.54 bits per heavy atom. The monoisotopic (exact) mass is 1020 g/mol. The van der Waals surface area contributed by atoms with Crippen LogP contribution in [0, 0.1) is 25.2 Å². The first kappa shape index (κ1) is 47.2. The van der Waals surface area contributed by atoms with Gasteiger partial charge < -0.3 is 40.5 Å². The normalized spacial score (nSPS) is 10.6. The van der Waals surface area contributed by atoms with Gasteiger partial charge in [0.1, 0.15) is 28.9 Å². The van der Waals surface area contributed by atoms with Crippen LogP contribution in [-0.4, -0.2) is 81.7 Å². The minimum Gasteiger partial charge on any atom is -0.478 e. The maximum absolute atomic E-state index is 13.3. The minimum absolute atomic E-state index is 0.240. The number of methoxy groups -OCH3 is 1. The lowest BCUT2D eigenvalue weighted by Gasteiger charge is -2.11. The Morgan fingerprint density at radius 3 is 2.17 bits per heavy atom. The Bertz CT molecular complexity index is 3270. The molecule has 17 nitrogen and oxygen atoms in total. The van der Waals surface area contributed by atoms with Gasteiger partial charge in [0.05, 0.1) is 46.1 Å². The number of nitrogens with one attached hydrogen (secondary N) is 3. The number of nitriles is 1. The van der Waals surface area contributed by atoms with E-state index in [2.05, 4.69) is 82.9 Å². The van der Waals surface area contributed by atoms with E-state index in [0.29, 0.717) is 57.1 Å². The number of aromatic nitrogens is 8. The molecule has 330 valence electrons. The number of hydrogen-bond donors (Lipinski definition) is 6. The molecule has 7 N–H and O–H groups in total. The van der Waals surface area contributed by atoms with Crippen LogP contribution in [0.5, 0.6) is 0 Å². The fourth-order valence-electron chi connectivity index (χ4n) is 6.84. The predicted molar refractivity (Wildman–Crippen MR) is 254 cm³/mol. The number of halogens is 3. The standard InChI is InChI=1S/C27H22ClN7O.C9H7BrN2O2.C8H5BrN2O2.CH4O/c1-15-5-26(30)34-16(2)22(15)11-33-27(36)23-14-35(25-12-31-20(9-29)8-21(23)25)13-17-3-4-24-18(6-17)7-19(28)10-32-24;1-14-9(13)7-4-12-8-6(7)2-5(10)3-11-8;9-4-1-5-6(8(12)13)3-11-7(5)10-2-4;1-2/h3-8,10,12,14H,11,13H2,1-2H3,(H2,30,34)(H,33,36);2-4H,1H3,(H,11,12);1-3H,(H,10,11)(H,12,13);2H,1H3. The number of nitrogens with zero attached hydrogens (tertiary/aromatic N) is 7. The summed E-state index contributed by atoms with van der Waals surface area (Å²) >= 11 is 12.6. The maximum atomic E-state index is 13.3. The molecule has 20 heteroatoms. The number of esters is 1. The third-order valence-corrected chi connectivity index (χ3v) is 10.9. The van der Waals surface area contributed by atoms with Gasteiger partial charge in [-0.2, -0.15) is 5.26 Å². The molecule has 0 atom stereocenters. The summed E-state index contributed by atoms with van der Waals surface area (Å²) in [4.78, 5) is 62.0. The zero-order valence-electron chi connectivity index (χ0n) is 34.9. The van der Waals surface area contributed by atoms with Gasteiger partial charge in [0.2, 0.25) is 0 Å². The molecule has 0 aliphatic heterocycles. The Labute approximate surface area is 391 Å². The second-order valence-corrected chi connectivity index (χ2v) is 16.2. The van der Waals surface area contributed by atoms with E-state index in [4.69, 9.17) is 27.5 Å². The third kappa shape index (κ3) is 10.9. The van der Waals surface area contributed by atoms with Gasteiger partial charge in [0, 0.05) is 93.6 Å². The number of carbonyl (C=O) groups is 3. The molecule has 9 rings (SSSR count). The molecule has 8 aromatic heterocycles. The van der Waals surface area contributed by atoms with E-state index in [1.807, 2.05) is 48.7 Å². The topological polar surface area (TPSA) is 264 Å². The summed E-state index contributed by atoms with van der Waals surface area (Å²) in [6.45, 7) is 4.62. The fraction of sp³-hybridized carbons (Fsp3) is 0.133. The molecule has 0 radical (unpaired) electrons. The highest BCUT2D eigenvalue weighted by Crippen LogP contribution is 2.26. The average Bonchev–Trinajstić information content (AvgIpc) is 4.01. The van der Waals surface area contributed by atoms with Crippen molar-refractivity contribution in [3.05, 3.63) is 151 Å². The molecule has 9 aromatic rings. The van der Waals surface area contributed by atoms with Gasteiger partial charge in [0.25, 0.3) is 5.91 Å². The first-order valence-corrected chi connectivity index (χ1v) is 21.1. The molecule has 8 heterocycles. The molecule has 0 spiro atoms. The van der Waals surface area contributed by atoms with Crippen LogP contribution in [-0.2, 0) is 17.8 Å². The highest BCUT2D eigenvalue weighted by molar-refractivity contribution is 9.10. The molecule has 0 bridgehead atoms. The number of rotatable bonds is 7. The van der Waals surface area contributed by atoms with E-state index in [1.54, 1.807) is 55.4 Å². The van der Waals surface area contributed by atoms with Crippen molar-refractivity contribution in [2.45, 2.75) is 26.9 Å². The van der Waals surface area contributed by atoms with Crippen molar-refractivity contribution < 1.29 is 29.3 Å². The summed E-state index contributed by atoms with van der Waals surface area (Å²) in [5, 5.41) is 31.7. The van der Waals surface area contributed by atoms with Gasteiger partial charge in [0.15, 0.2) is 0 Å². The van der Waals surface area contributed by atoms with Crippen LogP contribution < -0.4 is 11.1 Å².